The van der Waals surface area contributed by atoms with Crippen LogP contribution < -0.4 is 16.2 Å². The van der Waals surface area contributed by atoms with Crippen LogP contribution in [0.5, 0.6) is 11.5 Å². The first-order valence-electron chi connectivity index (χ1n) is 7.58. The molecule has 10 nitrogen and oxygen atoms in total. The number of carbonyl (C=O) groups is 1. The lowest BCUT2D eigenvalue weighted by molar-refractivity contribution is -0.472. The predicted octanol–water partition coefficient (Wildman–Crippen LogP) is 2.13. The summed E-state index contributed by atoms with van der Waals surface area (Å²) in [5.74, 6) is 1.28. The third-order valence-electron chi connectivity index (χ3n) is 3.08. The summed E-state index contributed by atoms with van der Waals surface area (Å²) in [6, 6.07) is 14.4. The minimum atomic E-state index is -1.00. The third kappa shape index (κ3) is 8.56. The zero-order chi connectivity index (χ0) is 20.4. The fraction of sp³-hybridized carbons (Fsp3) is 0.118. The average Bonchev–Trinajstić information content (AvgIpc) is 2.60. The molecule has 0 unspecified atom stereocenters. The number of rotatable bonds is 5. The zero-order valence-corrected chi connectivity index (χ0v) is 14.8. The molecule has 0 spiro atoms. The highest BCUT2D eigenvalue weighted by molar-refractivity contribution is 5.99. The quantitative estimate of drug-likeness (QED) is 0.229. The van der Waals surface area contributed by atoms with E-state index < -0.39 is 5.39 Å². The summed E-state index contributed by atoms with van der Waals surface area (Å²) in [5, 5.41) is 27.5. The van der Waals surface area contributed by atoms with Gasteiger partial charge in [-0.1, -0.05) is 0 Å². The van der Waals surface area contributed by atoms with Crippen LogP contribution >= 0.6 is 0 Å². The Morgan fingerprint density at radius 1 is 0.852 bits per heavy atom. The molecule has 0 saturated carbocycles. The lowest BCUT2D eigenvalue weighted by Gasteiger charge is -2.07. The molecule has 0 aliphatic carbocycles. The minimum absolute atomic E-state index is 0.0245. The third-order valence-corrected chi connectivity index (χ3v) is 3.08. The summed E-state index contributed by atoms with van der Waals surface area (Å²) < 4.78 is 5.73. The lowest BCUT2D eigenvalue weighted by Crippen LogP contribution is -2.22. The van der Waals surface area contributed by atoms with Crippen molar-refractivity contribution >= 4 is 17.5 Å². The predicted molar refractivity (Wildman–Crippen MR) is 98.2 cm³/mol. The Kier molecular flexibility index (Phi) is 8.56. The second kappa shape index (κ2) is 10.6. The van der Waals surface area contributed by atoms with E-state index in [1.54, 1.807) is 24.3 Å². The Hall–Kier alpha value is -3.31. The van der Waals surface area contributed by atoms with Gasteiger partial charge >= 0.3 is 0 Å². The van der Waals surface area contributed by atoms with Gasteiger partial charge in [-0.25, -0.2) is 0 Å². The van der Waals surface area contributed by atoms with Gasteiger partial charge in [0.05, 0.1) is 11.1 Å². The van der Waals surface area contributed by atoms with Crippen LogP contribution in [-0.4, -0.2) is 38.5 Å². The van der Waals surface area contributed by atoms with E-state index in [9.17, 15) is 4.79 Å². The first kappa shape index (κ1) is 21.7. The second-order valence-corrected chi connectivity index (χ2v) is 5.19. The first-order chi connectivity index (χ1) is 12.7. The van der Waals surface area contributed by atoms with Gasteiger partial charge in [0.1, 0.15) is 11.5 Å². The molecule has 2 aromatic carbocycles. The van der Waals surface area contributed by atoms with Crippen molar-refractivity contribution in [3.8, 4) is 11.5 Å². The number of ketones is 1. The fourth-order valence-corrected chi connectivity index (χ4v) is 1.85. The monoisotopic (exact) mass is 375 g/mol. The highest BCUT2D eigenvalue weighted by Crippen LogP contribution is 2.22. The van der Waals surface area contributed by atoms with E-state index >= 15 is 0 Å². The largest absolute Gasteiger partial charge is 0.457 e. The number of Topliss-reactive ketones (excluding diaryl/α,β-unsaturated/α-hetero) is 1. The molecule has 2 rings (SSSR count). The molecule has 0 saturated heterocycles. The lowest BCUT2D eigenvalue weighted by atomic mass is 10.1. The SMILES string of the molecule is CC(=O)c1ccc(Oc2ccc(/C(C)=N/N=C(N)N)cc2)cc1.ON(O)O. The Bertz CT molecular complexity index is 795. The van der Waals surface area contributed by atoms with Gasteiger partial charge in [0.2, 0.25) is 5.96 Å². The summed E-state index contributed by atoms with van der Waals surface area (Å²) in [6.07, 6.45) is 0. The molecule has 0 aromatic heterocycles. The van der Waals surface area contributed by atoms with Crippen LogP contribution in [0, 0.1) is 0 Å². The first-order valence-corrected chi connectivity index (χ1v) is 7.58. The molecule has 0 fully saturated rings. The molecule has 0 bridgehead atoms. The maximum atomic E-state index is 11.2. The Labute approximate surface area is 155 Å². The van der Waals surface area contributed by atoms with Gasteiger partial charge in [0.25, 0.3) is 0 Å². The molecule has 0 radical (unpaired) electrons. The molecule has 0 aliphatic heterocycles. The molecular weight excluding hydrogens is 354 g/mol. The molecule has 0 heterocycles. The van der Waals surface area contributed by atoms with Crippen LogP contribution in [0.15, 0.2) is 58.7 Å². The van der Waals surface area contributed by atoms with E-state index in [4.69, 9.17) is 31.8 Å². The van der Waals surface area contributed by atoms with Crippen LogP contribution in [-0.2, 0) is 0 Å². The summed E-state index contributed by atoms with van der Waals surface area (Å²) in [7, 11) is 0. The number of guanidine groups is 1. The molecule has 144 valence electrons. The summed E-state index contributed by atoms with van der Waals surface area (Å²) in [5.41, 5.74) is 12.7. The Morgan fingerprint density at radius 2 is 1.26 bits per heavy atom. The molecule has 0 atom stereocenters. The van der Waals surface area contributed by atoms with Gasteiger partial charge in [0.15, 0.2) is 5.78 Å². The molecular formula is C17H21N5O5. The van der Waals surface area contributed by atoms with Crippen LogP contribution in [0.4, 0.5) is 0 Å². The topological polar surface area (TPSA) is 167 Å². The van der Waals surface area contributed by atoms with Crippen molar-refractivity contribution < 1.29 is 25.2 Å². The van der Waals surface area contributed by atoms with Gasteiger partial charge in [-0.05, 0) is 67.9 Å². The molecule has 2 aromatic rings. The number of nitrogens with zero attached hydrogens (tertiary/aromatic N) is 3. The van der Waals surface area contributed by atoms with E-state index in [2.05, 4.69) is 10.2 Å². The highest BCUT2D eigenvalue weighted by atomic mass is 17.0. The smallest absolute Gasteiger partial charge is 0.211 e. The van der Waals surface area contributed by atoms with Crippen molar-refractivity contribution in [1.29, 1.82) is 0 Å². The second-order valence-electron chi connectivity index (χ2n) is 5.19. The van der Waals surface area contributed by atoms with Crippen LogP contribution in [0.3, 0.4) is 0 Å². The van der Waals surface area contributed by atoms with E-state index in [1.165, 1.54) is 6.92 Å². The highest BCUT2D eigenvalue weighted by Gasteiger charge is 2.02. The molecule has 10 heteroatoms. The van der Waals surface area contributed by atoms with Crippen molar-refractivity contribution in [3.05, 3.63) is 59.7 Å². The van der Waals surface area contributed by atoms with Crippen LogP contribution in [0.1, 0.15) is 29.8 Å². The van der Waals surface area contributed by atoms with E-state index in [1.807, 2.05) is 31.2 Å². The number of hydrogen-bond acceptors (Lipinski definition) is 8. The normalized spacial score (nSPS) is 10.7. The van der Waals surface area contributed by atoms with Crippen molar-refractivity contribution in [2.24, 2.45) is 21.7 Å². The van der Waals surface area contributed by atoms with Gasteiger partial charge in [0, 0.05) is 5.56 Å². The standard InChI is InChI=1S/C17H18N4O2.H3NO3/c1-11(20-21-17(18)19)13-3-7-15(8-4-13)23-16-9-5-14(6-10-16)12(2)22;2-1(3)4/h3-10H,1-2H3,(H4,18,19,21);2-4H/b20-11+;. The minimum Gasteiger partial charge on any atom is -0.457 e. The zero-order valence-electron chi connectivity index (χ0n) is 14.8. The fourth-order valence-electron chi connectivity index (χ4n) is 1.85. The van der Waals surface area contributed by atoms with Gasteiger partial charge < -0.3 is 16.2 Å². The maximum absolute atomic E-state index is 11.2. The molecule has 0 amide bonds. The number of benzene rings is 2. The number of nitrogens with two attached hydrogens (primary N) is 2. The molecule has 0 aliphatic rings. The van der Waals surface area contributed by atoms with Gasteiger partial charge in [-0.3, -0.25) is 20.4 Å². The summed E-state index contributed by atoms with van der Waals surface area (Å²) in [6.45, 7) is 3.34. The number of hydrogen-bond donors (Lipinski definition) is 5. The van der Waals surface area contributed by atoms with E-state index in [0.717, 1.165) is 5.56 Å². The van der Waals surface area contributed by atoms with E-state index in [0.29, 0.717) is 22.8 Å². The maximum Gasteiger partial charge on any atom is 0.211 e. The van der Waals surface area contributed by atoms with Crippen molar-refractivity contribution in [2.45, 2.75) is 13.8 Å². The van der Waals surface area contributed by atoms with Crippen LogP contribution in [0.2, 0.25) is 0 Å². The molecule has 7 N–H and O–H groups in total. The summed E-state index contributed by atoms with van der Waals surface area (Å²) in [4.78, 5) is 11.2. The average molecular weight is 375 g/mol. The number of ether oxygens (including phenoxy) is 1. The van der Waals surface area contributed by atoms with Gasteiger partial charge in [-0.15, -0.1) is 5.10 Å². The number of carbonyl (C=O) groups excluding carboxylic acids is 1. The van der Waals surface area contributed by atoms with Crippen molar-refractivity contribution in [1.82, 2.24) is 5.39 Å². The Balaban J connectivity index is 0.000000828. The van der Waals surface area contributed by atoms with Crippen LogP contribution in [0.25, 0.3) is 0 Å². The van der Waals surface area contributed by atoms with Gasteiger partial charge in [-0.2, -0.15) is 5.10 Å². The van der Waals surface area contributed by atoms with Crippen molar-refractivity contribution in [3.63, 3.8) is 0 Å². The van der Waals surface area contributed by atoms with Crippen molar-refractivity contribution in [2.75, 3.05) is 0 Å². The Morgan fingerprint density at radius 3 is 1.63 bits per heavy atom. The summed E-state index contributed by atoms with van der Waals surface area (Å²) >= 11 is 0. The molecule has 27 heavy (non-hydrogen) atoms. The van der Waals surface area contributed by atoms with E-state index in [-0.39, 0.29) is 11.7 Å².